The minimum absolute atomic E-state index is 0.0532. The van der Waals surface area contributed by atoms with Crippen molar-refractivity contribution < 1.29 is 18.7 Å². The number of hydrogen-bond donors (Lipinski definition) is 0. The molecule has 160 valence electrons. The molecule has 1 atom stereocenters. The van der Waals surface area contributed by atoms with E-state index in [4.69, 9.17) is 9.47 Å². The lowest BCUT2D eigenvalue weighted by Crippen LogP contribution is -2.42. The Hall–Kier alpha value is -3.32. The number of morpholine rings is 1. The lowest BCUT2D eigenvalue weighted by atomic mass is 10.1. The van der Waals surface area contributed by atoms with Crippen LogP contribution >= 0.6 is 0 Å². The number of methoxy groups -OCH3 is 1. The van der Waals surface area contributed by atoms with Crippen LogP contribution < -0.4 is 4.74 Å². The molecule has 4 rings (SSSR count). The molecule has 2 heterocycles. The number of para-hydroxylation sites is 1. The molecule has 1 aromatic heterocycles. The Morgan fingerprint density at radius 3 is 2.84 bits per heavy atom. The molecule has 1 aliphatic rings. The Balaban J connectivity index is 1.43. The van der Waals surface area contributed by atoms with Crippen LogP contribution in [0.4, 0.5) is 4.39 Å². The average molecular weight is 421 g/mol. The van der Waals surface area contributed by atoms with Crippen LogP contribution in [0.5, 0.6) is 5.75 Å². The molecule has 3 aromatic rings. The molecule has 0 aliphatic carbocycles. The number of halogens is 1. The van der Waals surface area contributed by atoms with Crippen molar-refractivity contribution in [1.29, 1.82) is 0 Å². The number of ether oxygens (including phenoxy) is 2. The number of aromatic nitrogens is 2. The minimum Gasteiger partial charge on any atom is -0.496 e. The van der Waals surface area contributed by atoms with Crippen LogP contribution in [-0.4, -0.2) is 47.6 Å². The van der Waals surface area contributed by atoms with Gasteiger partial charge in [0.25, 0.3) is 0 Å². The summed E-state index contributed by atoms with van der Waals surface area (Å²) in [4.78, 5) is 23.4. The van der Waals surface area contributed by atoms with Crippen LogP contribution in [0.2, 0.25) is 0 Å². The first-order chi connectivity index (χ1) is 15.2. The van der Waals surface area contributed by atoms with Gasteiger partial charge >= 0.3 is 0 Å². The number of carbonyl (C=O) groups excluding carboxylic acids is 1. The highest BCUT2D eigenvalue weighted by atomic mass is 19.1. The second-order valence-corrected chi connectivity index (χ2v) is 7.32. The number of carbonyl (C=O) groups is 1. The molecule has 6 nitrogen and oxygen atoms in total. The van der Waals surface area contributed by atoms with Gasteiger partial charge in [0.05, 0.1) is 44.0 Å². The van der Waals surface area contributed by atoms with Gasteiger partial charge in [0, 0.05) is 18.5 Å². The van der Waals surface area contributed by atoms with Gasteiger partial charge < -0.3 is 14.4 Å². The topological polar surface area (TPSA) is 64.5 Å². The van der Waals surface area contributed by atoms with Gasteiger partial charge in [-0.25, -0.2) is 9.37 Å². The predicted molar refractivity (Wildman–Crippen MR) is 114 cm³/mol. The first-order valence-corrected chi connectivity index (χ1v) is 10.2. The first-order valence-electron chi connectivity index (χ1n) is 10.2. The standard InChI is InChI=1S/C24H24FN3O3/c1-30-22-9-5-2-6-17(22)10-11-24(29)28-12-13-31-23(16-28)21-15-26-14-20(27-21)18-7-3-4-8-19(18)25/h2-9,14-15,23H,10-13,16H2,1H3. The zero-order valence-electron chi connectivity index (χ0n) is 17.3. The SMILES string of the molecule is COc1ccccc1CCC(=O)N1CCOC(c2cncc(-c3ccccc3F)n2)C1. The summed E-state index contributed by atoms with van der Waals surface area (Å²) in [6.45, 7) is 1.33. The summed E-state index contributed by atoms with van der Waals surface area (Å²) in [6.07, 6.45) is 3.73. The van der Waals surface area contributed by atoms with E-state index in [0.717, 1.165) is 11.3 Å². The van der Waals surface area contributed by atoms with E-state index in [9.17, 15) is 9.18 Å². The Morgan fingerprint density at radius 2 is 2.00 bits per heavy atom. The van der Waals surface area contributed by atoms with Crippen LogP contribution in [0.25, 0.3) is 11.3 Å². The monoisotopic (exact) mass is 421 g/mol. The summed E-state index contributed by atoms with van der Waals surface area (Å²) in [5.41, 5.74) is 2.42. The largest absolute Gasteiger partial charge is 0.496 e. The van der Waals surface area contributed by atoms with E-state index in [0.29, 0.717) is 49.5 Å². The van der Waals surface area contributed by atoms with E-state index < -0.39 is 6.10 Å². The van der Waals surface area contributed by atoms with Gasteiger partial charge in [0.1, 0.15) is 17.7 Å². The molecular weight excluding hydrogens is 397 g/mol. The Kier molecular flexibility index (Phi) is 6.52. The summed E-state index contributed by atoms with van der Waals surface area (Å²) in [7, 11) is 1.63. The quantitative estimate of drug-likeness (QED) is 0.605. The van der Waals surface area contributed by atoms with Gasteiger partial charge in [-0.3, -0.25) is 9.78 Å². The zero-order chi connectivity index (χ0) is 21.6. The van der Waals surface area contributed by atoms with Crippen molar-refractivity contribution in [2.45, 2.75) is 18.9 Å². The summed E-state index contributed by atoms with van der Waals surface area (Å²) in [5.74, 6) is 0.486. The van der Waals surface area contributed by atoms with Gasteiger partial charge in [-0.2, -0.15) is 0 Å². The van der Waals surface area contributed by atoms with Crippen LogP contribution in [0.15, 0.2) is 60.9 Å². The molecule has 0 saturated carbocycles. The third kappa shape index (κ3) is 4.88. The zero-order valence-corrected chi connectivity index (χ0v) is 17.3. The van der Waals surface area contributed by atoms with E-state index >= 15 is 0 Å². The van der Waals surface area contributed by atoms with Crippen molar-refractivity contribution >= 4 is 5.91 Å². The number of nitrogens with zero attached hydrogens (tertiary/aromatic N) is 3. The maximum Gasteiger partial charge on any atom is 0.223 e. The summed E-state index contributed by atoms with van der Waals surface area (Å²) < 4.78 is 25.4. The molecule has 0 spiro atoms. The van der Waals surface area contributed by atoms with Crippen LogP contribution in [-0.2, 0) is 16.0 Å². The normalized spacial score (nSPS) is 16.2. The van der Waals surface area contributed by atoms with E-state index in [-0.39, 0.29) is 11.7 Å². The third-order valence-corrected chi connectivity index (χ3v) is 5.35. The van der Waals surface area contributed by atoms with Gasteiger partial charge in [-0.15, -0.1) is 0 Å². The highest BCUT2D eigenvalue weighted by Gasteiger charge is 2.27. The highest BCUT2D eigenvalue weighted by molar-refractivity contribution is 5.76. The molecule has 1 amide bonds. The third-order valence-electron chi connectivity index (χ3n) is 5.35. The maximum absolute atomic E-state index is 14.1. The number of hydrogen-bond acceptors (Lipinski definition) is 5. The van der Waals surface area contributed by atoms with Crippen molar-refractivity contribution in [2.24, 2.45) is 0 Å². The van der Waals surface area contributed by atoms with Gasteiger partial charge in [-0.05, 0) is 30.2 Å². The van der Waals surface area contributed by atoms with Gasteiger partial charge in [-0.1, -0.05) is 30.3 Å². The molecule has 1 aliphatic heterocycles. The number of benzene rings is 2. The number of rotatable bonds is 6. The van der Waals surface area contributed by atoms with Crippen molar-refractivity contribution in [3.8, 4) is 17.0 Å². The van der Waals surface area contributed by atoms with Crippen LogP contribution in [0, 0.1) is 5.82 Å². The summed E-state index contributed by atoms with van der Waals surface area (Å²) >= 11 is 0. The molecule has 1 fully saturated rings. The Bertz CT molecular complexity index is 1060. The van der Waals surface area contributed by atoms with E-state index in [2.05, 4.69) is 9.97 Å². The molecule has 0 radical (unpaired) electrons. The second kappa shape index (κ2) is 9.66. The second-order valence-electron chi connectivity index (χ2n) is 7.32. The molecule has 0 N–H and O–H groups in total. The van der Waals surface area contributed by atoms with Gasteiger partial charge in [0.2, 0.25) is 5.91 Å². The maximum atomic E-state index is 14.1. The van der Waals surface area contributed by atoms with Crippen molar-refractivity contribution in [3.05, 3.63) is 78.0 Å². The highest BCUT2D eigenvalue weighted by Crippen LogP contribution is 2.25. The van der Waals surface area contributed by atoms with Gasteiger partial charge in [0.15, 0.2) is 0 Å². The van der Waals surface area contributed by atoms with E-state index in [1.54, 1.807) is 36.4 Å². The Morgan fingerprint density at radius 1 is 1.19 bits per heavy atom. The minimum atomic E-state index is -0.400. The fourth-order valence-electron chi connectivity index (χ4n) is 3.70. The van der Waals surface area contributed by atoms with E-state index in [1.807, 2.05) is 24.3 Å². The average Bonchev–Trinajstić information content (AvgIpc) is 2.83. The molecule has 7 heteroatoms. The molecule has 1 unspecified atom stereocenters. The fraction of sp³-hybridized carbons (Fsp3) is 0.292. The van der Waals surface area contributed by atoms with Crippen molar-refractivity contribution in [1.82, 2.24) is 14.9 Å². The summed E-state index contributed by atoms with van der Waals surface area (Å²) in [5, 5.41) is 0. The van der Waals surface area contributed by atoms with Crippen LogP contribution in [0.3, 0.4) is 0 Å². The lowest BCUT2D eigenvalue weighted by molar-refractivity contribution is -0.139. The first kappa shape index (κ1) is 20.9. The Labute approximate surface area is 180 Å². The number of aryl methyl sites for hydroxylation is 1. The molecule has 0 bridgehead atoms. The molecule has 2 aromatic carbocycles. The van der Waals surface area contributed by atoms with E-state index in [1.165, 1.54) is 12.3 Å². The molecular formula is C24H24FN3O3. The summed E-state index contributed by atoms with van der Waals surface area (Å²) in [6, 6.07) is 14.2. The smallest absolute Gasteiger partial charge is 0.223 e. The van der Waals surface area contributed by atoms with Crippen molar-refractivity contribution in [2.75, 3.05) is 26.8 Å². The molecule has 31 heavy (non-hydrogen) atoms. The van der Waals surface area contributed by atoms with Crippen molar-refractivity contribution in [3.63, 3.8) is 0 Å². The fourth-order valence-corrected chi connectivity index (χ4v) is 3.70. The van der Waals surface area contributed by atoms with Crippen LogP contribution in [0.1, 0.15) is 23.8 Å². The predicted octanol–water partition coefficient (Wildman–Crippen LogP) is 3.82. The lowest BCUT2D eigenvalue weighted by Gasteiger charge is -2.32. The molecule has 1 saturated heterocycles. The number of amides is 1.